The Hall–Kier alpha value is -1.71. The topological polar surface area (TPSA) is 47.8 Å². The number of imidazole rings is 1. The summed E-state index contributed by atoms with van der Waals surface area (Å²) in [5.41, 5.74) is 1.79. The Morgan fingerprint density at radius 3 is 3.13 bits per heavy atom. The average molecular weight is 203 g/mol. The maximum absolute atomic E-state index is 10.8. The molecule has 0 saturated carbocycles. The van der Waals surface area contributed by atoms with Gasteiger partial charge < -0.3 is 9.36 Å². The first kappa shape index (κ1) is 9.83. The quantitative estimate of drug-likeness (QED) is 0.761. The highest BCUT2D eigenvalue weighted by molar-refractivity contribution is 5.75. The molecule has 2 aromatic heterocycles. The number of ketones is 1. The van der Waals surface area contributed by atoms with E-state index in [2.05, 4.69) is 9.97 Å². The molecule has 2 heterocycles. The van der Waals surface area contributed by atoms with Crippen LogP contribution in [0, 0.1) is 0 Å². The number of carbonyl (C=O) groups is 1. The van der Waals surface area contributed by atoms with E-state index in [1.807, 2.05) is 16.7 Å². The lowest BCUT2D eigenvalue weighted by molar-refractivity contribution is -0.117. The summed E-state index contributed by atoms with van der Waals surface area (Å²) in [5.74, 6) is 0.234. The van der Waals surface area contributed by atoms with E-state index in [1.165, 1.54) is 0 Å². The van der Waals surface area contributed by atoms with Gasteiger partial charge in [-0.2, -0.15) is 0 Å². The number of pyridine rings is 1. The fraction of sp³-hybridized carbons (Fsp3) is 0.364. The van der Waals surface area contributed by atoms with Crippen LogP contribution < -0.4 is 0 Å². The number of fused-ring (bicyclic) bond motifs is 1. The molecule has 2 rings (SSSR count). The van der Waals surface area contributed by atoms with Gasteiger partial charge >= 0.3 is 0 Å². The zero-order chi connectivity index (χ0) is 10.7. The van der Waals surface area contributed by atoms with Crippen molar-refractivity contribution in [3.63, 3.8) is 0 Å². The molecule has 0 radical (unpaired) electrons. The lowest BCUT2D eigenvalue weighted by Crippen LogP contribution is -1.99. The number of carbonyl (C=O) groups excluding carboxylic acids is 1. The van der Waals surface area contributed by atoms with E-state index in [4.69, 9.17) is 0 Å². The number of Topliss-reactive ketones (excluding diaryl/α,β-unsaturated/α-hetero) is 1. The molecule has 0 N–H and O–H groups in total. The molecule has 4 nitrogen and oxygen atoms in total. The van der Waals surface area contributed by atoms with Crippen LogP contribution in [-0.4, -0.2) is 20.3 Å². The number of hydrogen-bond acceptors (Lipinski definition) is 3. The summed E-state index contributed by atoms with van der Waals surface area (Å²) in [6, 6.07) is 3.88. The van der Waals surface area contributed by atoms with Crippen molar-refractivity contribution in [2.45, 2.75) is 26.3 Å². The van der Waals surface area contributed by atoms with Crippen LogP contribution >= 0.6 is 0 Å². The summed E-state index contributed by atoms with van der Waals surface area (Å²) in [6.45, 7) is 2.44. The van der Waals surface area contributed by atoms with Crippen LogP contribution in [0.25, 0.3) is 11.2 Å². The molecule has 0 aliphatic rings. The monoisotopic (exact) mass is 203 g/mol. The van der Waals surface area contributed by atoms with Crippen LogP contribution in [0.1, 0.15) is 19.8 Å². The molecular weight excluding hydrogens is 190 g/mol. The Bertz CT molecular complexity index is 475. The molecule has 4 heteroatoms. The van der Waals surface area contributed by atoms with Gasteiger partial charge in [-0.15, -0.1) is 0 Å². The highest BCUT2D eigenvalue weighted by Gasteiger charge is 2.02. The largest absolute Gasteiger partial charge is 0.329 e. The first-order valence-corrected chi connectivity index (χ1v) is 5.02. The zero-order valence-electron chi connectivity index (χ0n) is 8.68. The van der Waals surface area contributed by atoms with E-state index in [0.29, 0.717) is 6.42 Å². The fourth-order valence-corrected chi connectivity index (χ4v) is 1.58. The second kappa shape index (κ2) is 4.21. The van der Waals surface area contributed by atoms with Crippen LogP contribution in [0.3, 0.4) is 0 Å². The van der Waals surface area contributed by atoms with Crippen LogP contribution in [0.2, 0.25) is 0 Å². The van der Waals surface area contributed by atoms with Gasteiger partial charge in [-0.05, 0) is 25.5 Å². The SMILES string of the molecule is CC(=O)CCCn1cnc2ncccc21. The minimum Gasteiger partial charge on any atom is -0.329 e. The van der Waals surface area contributed by atoms with Crippen molar-refractivity contribution in [3.8, 4) is 0 Å². The normalized spacial score (nSPS) is 10.7. The number of nitrogens with zero attached hydrogens (tertiary/aromatic N) is 3. The van der Waals surface area contributed by atoms with Crippen LogP contribution in [-0.2, 0) is 11.3 Å². The summed E-state index contributed by atoms with van der Waals surface area (Å²) in [4.78, 5) is 19.1. The summed E-state index contributed by atoms with van der Waals surface area (Å²) >= 11 is 0. The molecule has 0 spiro atoms. The van der Waals surface area contributed by atoms with E-state index in [1.54, 1.807) is 19.4 Å². The molecule has 2 aromatic rings. The number of hydrogen-bond donors (Lipinski definition) is 0. The smallest absolute Gasteiger partial charge is 0.177 e. The first-order chi connectivity index (χ1) is 7.27. The Morgan fingerprint density at radius 2 is 2.33 bits per heavy atom. The fourth-order valence-electron chi connectivity index (χ4n) is 1.58. The molecule has 0 aromatic carbocycles. The Kier molecular flexibility index (Phi) is 2.76. The van der Waals surface area contributed by atoms with E-state index < -0.39 is 0 Å². The maximum Gasteiger partial charge on any atom is 0.177 e. The molecule has 15 heavy (non-hydrogen) atoms. The Morgan fingerprint density at radius 1 is 1.47 bits per heavy atom. The van der Waals surface area contributed by atoms with Gasteiger partial charge in [0.15, 0.2) is 5.65 Å². The number of rotatable bonds is 4. The zero-order valence-corrected chi connectivity index (χ0v) is 8.68. The highest BCUT2D eigenvalue weighted by atomic mass is 16.1. The van der Waals surface area contributed by atoms with Crippen molar-refractivity contribution < 1.29 is 4.79 Å². The number of aryl methyl sites for hydroxylation is 1. The van der Waals surface area contributed by atoms with Crippen molar-refractivity contribution >= 4 is 16.9 Å². The van der Waals surface area contributed by atoms with E-state index >= 15 is 0 Å². The Labute approximate surface area is 88.0 Å². The summed E-state index contributed by atoms with van der Waals surface area (Å²) in [6.07, 6.45) is 4.99. The third kappa shape index (κ3) is 2.21. The second-order valence-corrected chi connectivity index (χ2v) is 3.59. The van der Waals surface area contributed by atoms with Crippen LogP contribution in [0.15, 0.2) is 24.7 Å². The minimum absolute atomic E-state index is 0.234. The average Bonchev–Trinajstić information content (AvgIpc) is 2.62. The van der Waals surface area contributed by atoms with Crippen molar-refractivity contribution in [2.75, 3.05) is 0 Å². The van der Waals surface area contributed by atoms with Crippen molar-refractivity contribution in [2.24, 2.45) is 0 Å². The van der Waals surface area contributed by atoms with Crippen LogP contribution in [0.5, 0.6) is 0 Å². The maximum atomic E-state index is 10.8. The summed E-state index contributed by atoms with van der Waals surface area (Å²) in [5, 5.41) is 0. The third-order valence-corrected chi connectivity index (χ3v) is 2.32. The predicted molar refractivity (Wildman–Crippen MR) is 57.4 cm³/mol. The highest BCUT2D eigenvalue weighted by Crippen LogP contribution is 2.10. The molecule has 0 unspecified atom stereocenters. The van der Waals surface area contributed by atoms with Gasteiger partial charge in [-0.3, -0.25) is 0 Å². The van der Waals surface area contributed by atoms with Gasteiger partial charge in [0.25, 0.3) is 0 Å². The third-order valence-electron chi connectivity index (χ3n) is 2.32. The lowest BCUT2D eigenvalue weighted by Gasteiger charge is -2.01. The van der Waals surface area contributed by atoms with E-state index in [9.17, 15) is 4.79 Å². The molecule has 0 bridgehead atoms. The molecule has 0 fully saturated rings. The molecule has 78 valence electrons. The molecule has 0 saturated heterocycles. The van der Waals surface area contributed by atoms with Crippen LogP contribution in [0.4, 0.5) is 0 Å². The summed E-state index contributed by atoms with van der Waals surface area (Å²) < 4.78 is 2.03. The van der Waals surface area contributed by atoms with Gasteiger partial charge in [0.1, 0.15) is 5.78 Å². The van der Waals surface area contributed by atoms with Gasteiger partial charge in [-0.1, -0.05) is 0 Å². The van der Waals surface area contributed by atoms with E-state index in [-0.39, 0.29) is 5.78 Å². The number of aromatic nitrogens is 3. The summed E-state index contributed by atoms with van der Waals surface area (Å²) in [7, 11) is 0. The molecular formula is C11H13N3O. The molecule has 0 amide bonds. The predicted octanol–water partition coefficient (Wildman–Crippen LogP) is 1.80. The van der Waals surface area contributed by atoms with Crippen molar-refractivity contribution in [3.05, 3.63) is 24.7 Å². The van der Waals surface area contributed by atoms with E-state index in [0.717, 1.165) is 24.1 Å². The second-order valence-electron chi connectivity index (χ2n) is 3.59. The van der Waals surface area contributed by atoms with Crippen molar-refractivity contribution in [1.29, 1.82) is 0 Å². The van der Waals surface area contributed by atoms with Gasteiger partial charge in [0.2, 0.25) is 0 Å². The molecule has 0 atom stereocenters. The minimum atomic E-state index is 0.234. The lowest BCUT2D eigenvalue weighted by atomic mass is 10.2. The Balaban J connectivity index is 2.11. The van der Waals surface area contributed by atoms with Gasteiger partial charge in [0.05, 0.1) is 11.8 Å². The standard InChI is InChI=1S/C11H13N3O/c1-9(15)4-3-7-14-8-13-11-10(14)5-2-6-12-11/h2,5-6,8H,3-4,7H2,1H3. The first-order valence-electron chi connectivity index (χ1n) is 5.02. The molecule has 0 aliphatic heterocycles. The van der Waals surface area contributed by atoms with Crippen molar-refractivity contribution in [1.82, 2.24) is 14.5 Å². The molecule has 0 aliphatic carbocycles. The van der Waals surface area contributed by atoms with Gasteiger partial charge in [-0.25, -0.2) is 9.97 Å². The van der Waals surface area contributed by atoms with Gasteiger partial charge in [0, 0.05) is 19.2 Å².